The van der Waals surface area contributed by atoms with E-state index in [4.69, 9.17) is 23.2 Å². The second kappa shape index (κ2) is 7.13. The molecule has 0 aliphatic carbocycles. The fraction of sp³-hybridized carbons (Fsp3) is 0.412. The zero-order valence-corrected chi connectivity index (χ0v) is 15.3. The predicted molar refractivity (Wildman–Crippen MR) is 95.6 cm³/mol. The van der Waals surface area contributed by atoms with Gasteiger partial charge >= 0.3 is 0 Å². The highest BCUT2D eigenvalue weighted by atomic mass is 35.5. The van der Waals surface area contributed by atoms with E-state index in [9.17, 15) is 4.79 Å². The standard InChI is InChI=1S/C17H20Cl2N4O/c1-12-9-16(21(2)20-12)17(24)23-7-5-22(6-8-23)11-13-3-4-14(18)10-15(13)19/h3-4,9-10H,5-8,11H2,1-2H3. The van der Waals surface area contributed by atoms with Crippen molar-refractivity contribution in [2.45, 2.75) is 13.5 Å². The lowest BCUT2D eigenvalue weighted by Gasteiger charge is -2.34. The molecule has 0 spiro atoms. The molecule has 1 fully saturated rings. The number of amides is 1. The lowest BCUT2D eigenvalue weighted by Crippen LogP contribution is -2.48. The van der Waals surface area contributed by atoms with Gasteiger partial charge in [0, 0.05) is 49.8 Å². The molecule has 1 amide bonds. The van der Waals surface area contributed by atoms with Crippen LogP contribution in [0.5, 0.6) is 0 Å². The van der Waals surface area contributed by atoms with Gasteiger partial charge in [0.2, 0.25) is 0 Å². The van der Waals surface area contributed by atoms with Crippen LogP contribution in [0.25, 0.3) is 0 Å². The van der Waals surface area contributed by atoms with Crippen LogP contribution in [-0.2, 0) is 13.6 Å². The van der Waals surface area contributed by atoms with E-state index in [-0.39, 0.29) is 5.91 Å². The van der Waals surface area contributed by atoms with Crippen molar-refractivity contribution in [1.82, 2.24) is 19.6 Å². The minimum Gasteiger partial charge on any atom is -0.335 e. The first kappa shape index (κ1) is 17.3. The van der Waals surface area contributed by atoms with Gasteiger partial charge in [-0.3, -0.25) is 14.4 Å². The van der Waals surface area contributed by atoms with Crippen LogP contribution in [0, 0.1) is 6.92 Å². The van der Waals surface area contributed by atoms with Crippen molar-refractivity contribution in [1.29, 1.82) is 0 Å². The molecule has 0 bridgehead atoms. The fourth-order valence-electron chi connectivity index (χ4n) is 2.97. The maximum absolute atomic E-state index is 12.6. The van der Waals surface area contributed by atoms with Gasteiger partial charge in [0.05, 0.1) is 5.69 Å². The van der Waals surface area contributed by atoms with E-state index in [1.807, 2.05) is 30.0 Å². The largest absolute Gasteiger partial charge is 0.335 e. The first-order valence-electron chi connectivity index (χ1n) is 7.90. The summed E-state index contributed by atoms with van der Waals surface area (Å²) < 4.78 is 1.65. The molecule has 7 heteroatoms. The summed E-state index contributed by atoms with van der Waals surface area (Å²) in [4.78, 5) is 16.8. The molecule has 0 radical (unpaired) electrons. The molecule has 1 aliphatic heterocycles. The summed E-state index contributed by atoms with van der Waals surface area (Å²) in [5, 5.41) is 5.58. The van der Waals surface area contributed by atoms with Gasteiger partial charge in [0.1, 0.15) is 5.69 Å². The quantitative estimate of drug-likeness (QED) is 0.838. The molecule has 0 saturated carbocycles. The lowest BCUT2D eigenvalue weighted by atomic mass is 10.2. The highest BCUT2D eigenvalue weighted by Gasteiger charge is 2.24. The molecular formula is C17H20Cl2N4O. The number of carbonyl (C=O) groups is 1. The van der Waals surface area contributed by atoms with Gasteiger partial charge in [-0.1, -0.05) is 29.3 Å². The topological polar surface area (TPSA) is 41.4 Å². The maximum atomic E-state index is 12.6. The summed E-state index contributed by atoms with van der Waals surface area (Å²) in [6, 6.07) is 7.42. The maximum Gasteiger partial charge on any atom is 0.272 e. The smallest absolute Gasteiger partial charge is 0.272 e. The van der Waals surface area contributed by atoms with Gasteiger partial charge < -0.3 is 4.90 Å². The molecule has 2 heterocycles. The third kappa shape index (κ3) is 3.74. The summed E-state index contributed by atoms with van der Waals surface area (Å²) in [5.41, 5.74) is 2.56. The van der Waals surface area contributed by atoms with Crippen molar-refractivity contribution in [3.8, 4) is 0 Å². The number of aryl methyl sites for hydroxylation is 2. The monoisotopic (exact) mass is 366 g/mol. The van der Waals surface area contributed by atoms with Gasteiger partial charge in [-0.05, 0) is 30.7 Å². The van der Waals surface area contributed by atoms with Crippen molar-refractivity contribution in [2.75, 3.05) is 26.2 Å². The summed E-state index contributed by atoms with van der Waals surface area (Å²) >= 11 is 12.2. The molecule has 2 aromatic rings. The van der Waals surface area contributed by atoms with Crippen molar-refractivity contribution < 1.29 is 4.79 Å². The van der Waals surface area contributed by atoms with Gasteiger partial charge in [-0.2, -0.15) is 5.10 Å². The summed E-state index contributed by atoms with van der Waals surface area (Å²) in [6.45, 7) is 5.71. The molecular weight excluding hydrogens is 347 g/mol. The molecule has 3 rings (SSSR count). The van der Waals surface area contributed by atoms with E-state index >= 15 is 0 Å². The molecule has 24 heavy (non-hydrogen) atoms. The van der Waals surface area contributed by atoms with Crippen LogP contribution in [-0.4, -0.2) is 51.7 Å². The second-order valence-electron chi connectivity index (χ2n) is 6.10. The number of hydrogen-bond donors (Lipinski definition) is 0. The normalized spacial score (nSPS) is 15.8. The Morgan fingerprint density at radius 1 is 1.17 bits per heavy atom. The first-order chi connectivity index (χ1) is 11.4. The Bertz CT molecular complexity index is 751. The number of aromatic nitrogens is 2. The lowest BCUT2D eigenvalue weighted by molar-refractivity contribution is 0.0618. The Hall–Kier alpha value is -1.56. The van der Waals surface area contributed by atoms with E-state index in [0.717, 1.165) is 30.9 Å². The van der Waals surface area contributed by atoms with Gasteiger partial charge in [-0.25, -0.2) is 0 Å². The second-order valence-corrected chi connectivity index (χ2v) is 6.94. The number of piperazine rings is 1. The van der Waals surface area contributed by atoms with Crippen LogP contribution in [0.4, 0.5) is 0 Å². The van der Waals surface area contributed by atoms with E-state index < -0.39 is 0 Å². The van der Waals surface area contributed by atoms with Crippen molar-refractivity contribution in [3.63, 3.8) is 0 Å². The number of nitrogens with zero attached hydrogens (tertiary/aromatic N) is 4. The fourth-order valence-corrected chi connectivity index (χ4v) is 3.44. The van der Waals surface area contributed by atoms with Crippen molar-refractivity contribution in [2.24, 2.45) is 7.05 Å². The number of hydrogen-bond acceptors (Lipinski definition) is 3. The summed E-state index contributed by atoms with van der Waals surface area (Å²) in [7, 11) is 1.80. The number of benzene rings is 1. The van der Waals surface area contributed by atoms with Crippen molar-refractivity contribution in [3.05, 3.63) is 51.3 Å². The van der Waals surface area contributed by atoms with Gasteiger partial charge in [0.25, 0.3) is 5.91 Å². The third-order valence-electron chi connectivity index (χ3n) is 4.29. The Morgan fingerprint density at radius 3 is 2.46 bits per heavy atom. The highest BCUT2D eigenvalue weighted by Crippen LogP contribution is 2.23. The zero-order chi connectivity index (χ0) is 17.3. The molecule has 5 nitrogen and oxygen atoms in total. The average Bonchev–Trinajstić information content (AvgIpc) is 2.88. The zero-order valence-electron chi connectivity index (χ0n) is 13.8. The van der Waals surface area contributed by atoms with Gasteiger partial charge in [0.15, 0.2) is 0 Å². The molecule has 0 unspecified atom stereocenters. The van der Waals surface area contributed by atoms with Crippen LogP contribution in [0.15, 0.2) is 24.3 Å². The Labute approximate surface area is 151 Å². The van der Waals surface area contributed by atoms with E-state index in [2.05, 4.69) is 10.00 Å². The minimum atomic E-state index is 0.0438. The minimum absolute atomic E-state index is 0.0438. The van der Waals surface area contributed by atoms with Crippen LogP contribution in [0.3, 0.4) is 0 Å². The van der Waals surface area contributed by atoms with E-state index in [1.54, 1.807) is 17.8 Å². The first-order valence-corrected chi connectivity index (χ1v) is 8.66. The van der Waals surface area contributed by atoms with Crippen LogP contribution < -0.4 is 0 Å². The Balaban J connectivity index is 1.59. The Morgan fingerprint density at radius 2 is 1.88 bits per heavy atom. The molecule has 128 valence electrons. The average molecular weight is 367 g/mol. The highest BCUT2D eigenvalue weighted by molar-refractivity contribution is 6.35. The van der Waals surface area contributed by atoms with Crippen molar-refractivity contribution >= 4 is 29.1 Å². The number of rotatable bonds is 3. The summed E-state index contributed by atoms with van der Waals surface area (Å²) in [6.07, 6.45) is 0. The van der Waals surface area contributed by atoms with Crippen LogP contribution in [0.1, 0.15) is 21.7 Å². The summed E-state index contributed by atoms with van der Waals surface area (Å²) in [5.74, 6) is 0.0438. The molecule has 1 aliphatic rings. The molecule has 1 aromatic heterocycles. The van der Waals surface area contributed by atoms with Crippen LogP contribution in [0.2, 0.25) is 10.0 Å². The molecule has 1 saturated heterocycles. The predicted octanol–water partition coefficient (Wildman–Crippen LogP) is 2.99. The van der Waals surface area contributed by atoms with Gasteiger partial charge in [-0.15, -0.1) is 0 Å². The molecule has 0 atom stereocenters. The van der Waals surface area contributed by atoms with Crippen LogP contribution >= 0.6 is 23.2 Å². The molecule has 1 aromatic carbocycles. The van der Waals surface area contributed by atoms with E-state index in [0.29, 0.717) is 28.8 Å². The number of halogens is 2. The molecule has 0 N–H and O–H groups in total. The number of carbonyl (C=O) groups excluding carboxylic acids is 1. The third-order valence-corrected chi connectivity index (χ3v) is 4.88. The Kier molecular flexibility index (Phi) is 5.13. The SMILES string of the molecule is Cc1cc(C(=O)N2CCN(Cc3ccc(Cl)cc3Cl)CC2)n(C)n1. The van der Waals surface area contributed by atoms with E-state index in [1.165, 1.54) is 0 Å².